The van der Waals surface area contributed by atoms with Gasteiger partial charge < -0.3 is 14.7 Å². The molecular formula is C27H30ClN5O3. The van der Waals surface area contributed by atoms with Gasteiger partial charge in [0.25, 0.3) is 5.91 Å². The van der Waals surface area contributed by atoms with Crippen LogP contribution in [0, 0.1) is 5.92 Å². The number of nitrogens with zero attached hydrogens (tertiary/aromatic N) is 4. The van der Waals surface area contributed by atoms with E-state index >= 15 is 0 Å². The van der Waals surface area contributed by atoms with Gasteiger partial charge in [0.1, 0.15) is 0 Å². The monoisotopic (exact) mass is 507 g/mol. The lowest BCUT2D eigenvalue weighted by Gasteiger charge is -2.30. The number of piperidine rings is 2. The average molecular weight is 508 g/mol. The molecule has 0 aliphatic carbocycles. The summed E-state index contributed by atoms with van der Waals surface area (Å²) in [5.41, 5.74) is 1.90. The van der Waals surface area contributed by atoms with E-state index in [0.717, 1.165) is 63.8 Å². The molecule has 0 bridgehead atoms. The first-order chi connectivity index (χ1) is 17.6. The van der Waals surface area contributed by atoms with Crippen molar-refractivity contribution in [2.75, 3.05) is 31.5 Å². The quantitative estimate of drug-likeness (QED) is 0.512. The van der Waals surface area contributed by atoms with Crippen molar-refractivity contribution < 1.29 is 14.1 Å². The van der Waals surface area contributed by atoms with E-state index in [-0.39, 0.29) is 17.7 Å². The number of nitrogens with one attached hydrogen (secondary N) is 1. The zero-order valence-corrected chi connectivity index (χ0v) is 20.9. The second-order valence-electron chi connectivity index (χ2n) is 9.43. The lowest BCUT2D eigenvalue weighted by Crippen LogP contribution is -2.38. The molecular weight excluding hydrogens is 478 g/mol. The van der Waals surface area contributed by atoms with E-state index in [1.54, 1.807) is 12.1 Å². The summed E-state index contributed by atoms with van der Waals surface area (Å²) in [5, 5.41) is 7.68. The van der Waals surface area contributed by atoms with Crippen LogP contribution in [-0.2, 0) is 11.3 Å². The number of hydrogen-bond acceptors (Lipinski definition) is 6. The Balaban J connectivity index is 1.15. The van der Waals surface area contributed by atoms with Crippen molar-refractivity contribution >= 4 is 29.1 Å². The van der Waals surface area contributed by atoms with E-state index in [9.17, 15) is 9.59 Å². The highest BCUT2D eigenvalue weighted by Crippen LogP contribution is 2.27. The van der Waals surface area contributed by atoms with Gasteiger partial charge in [-0.15, -0.1) is 0 Å². The lowest BCUT2D eigenvalue weighted by molar-refractivity contribution is -0.121. The maximum absolute atomic E-state index is 13.1. The number of carbonyl (C=O) groups is 2. The molecule has 0 spiro atoms. The molecule has 2 aliphatic heterocycles. The number of amides is 2. The molecule has 5 rings (SSSR count). The molecule has 0 atom stereocenters. The first kappa shape index (κ1) is 24.5. The van der Waals surface area contributed by atoms with Crippen molar-refractivity contribution in [3.63, 3.8) is 0 Å². The first-order valence-electron chi connectivity index (χ1n) is 12.6. The van der Waals surface area contributed by atoms with Crippen LogP contribution in [0.1, 0.15) is 48.4 Å². The van der Waals surface area contributed by atoms with Crippen molar-refractivity contribution in [3.8, 4) is 11.4 Å². The third-order valence-electron chi connectivity index (χ3n) is 6.96. The van der Waals surface area contributed by atoms with Gasteiger partial charge in [-0.1, -0.05) is 41.0 Å². The van der Waals surface area contributed by atoms with E-state index in [2.05, 4.69) is 20.4 Å². The number of likely N-dealkylation sites (tertiary alicyclic amines) is 2. The second kappa shape index (κ2) is 11.2. The molecule has 1 N–H and O–H groups in total. The average Bonchev–Trinajstić information content (AvgIpc) is 3.38. The predicted octanol–water partition coefficient (Wildman–Crippen LogP) is 4.87. The van der Waals surface area contributed by atoms with E-state index in [4.69, 9.17) is 16.1 Å². The summed E-state index contributed by atoms with van der Waals surface area (Å²) in [6, 6.07) is 14.7. The Morgan fingerprint density at radius 2 is 1.69 bits per heavy atom. The van der Waals surface area contributed by atoms with E-state index < -0.39 is 0 Å². The maximum Gasteiger partial charge on any atom is 0.255 e. The number of halogens is 1. The Hall–Kier alpha value is -3.23. The number of rotatable bonds is 6. The van der Waals surface area contributed by atoms with Gasteiger partial charge >= 0.3 is 0 Å². The van der Waals surface area contributed by atoms with E-state index in [0.29, 0.717) is 34.5 Å². The summed E-state index contributed by atoms with van der Waals surface area (Å²) >= 11 is 6.24. The van der Waals surface area contributed by atoms with Crippen molar-refractivity contribution in [2.45, 2.75) is 38.6 Å². The van der Waals surface area contributed by atoms with Gasteiger partial charge in [0, 0.05) is 24.6 Å². The van der Waals surface area contributed by atoms with Crippen LogP contribution in [0.5, 0.6) is 0 Å². The molecule has 188 valence electrons. The highest BCUT2D eigenvalue weighted by Gasteiger charge is 2.28. The van der Waals surface area contributed by atoms with Crippen molar-refractivity contribution in [1.82, 2.24) is 19.9 Å². The van der Waals surface area contributed by atoms with Gasteiger partial charge in [0.2, 0.25) is 17.6 Å². The van der Waals surface area contributed by atoms with Gasteiger partial charge in [0.05, 0.1) is 22.8 Å². The minimum atomic E-state index is -0.110. The largest absolute Gasteiger partial charge is 0.339 e. The number of para-hydroxylation sites is 1. The fourth-order valence-corrected chi connectivity index (χ4v) is 5.12. The van der Waals surface area contributed by atoms with Crippen LogP contribution in [0.3, 0.4) is 0 Å². The number of aromatic nitrogens is 2. The summed E-state index contributed by atoms with van der Waals surface area (Å²) in [7, 11) is 0. The van der Waals surface area contributed by atoms with Gasteiger partial charge in [-0.2, -0.15) is 4.98 Å². The summed E-state index contributed by atoms with van der Waals surface area (Å²) in [6.45, 7) is 3.57. The second-order valence-corrected chi connectivity index (χ2v) is 9.84. The minimum absolute atomic E-state index is 0.00358. The number of carbonyl (C=O) groups excluding carboxylic acids is 2. The van der Waals surface area contributed by atoms with Crippen molar-refractivity contribution in [1.29, 1.82) is 0 Å². The van der Waals surface area contributed by atoms with E-state index in [1.807, 2.05) is 41.3 Å². The molecule has 2 fully saturated rings. The molecule has 3 heterocycles. The summed E-state index contributed by atoms with van der Waals surface area (Å²) in [5.74, 6) is 0.852. The highest BCUT2D eigenvalue weighted by molar-refractivity contribution is 6.33. The Bertz CT molecular complexity index is 1220. The molecule has 0 radical (unpaired) electrons. The molecule has 2 saturated heterocycles. The summed E-state index contributed by atoms with van der Waals surface area (Å²) in [6.07, 6.45) is 4.67. The lowest BCUT2D eigenvalue weighted by atomic mass is 9.95. The van der Waals surface area contributed by atoms with Gasteiger partial charge in [-0.25, -0.2) is 0 Å². The topological polar surface area (TPSA) is 91.6 Å². The number of anilines is 1. The van der Waals surface area contributed by atoms with Crippen molar-refractivity contribution in [3.05, 3.63) is 65.0 Å². The Morgan fingerprint density at radius 3 is 2.47 bits per heavy atom. The van der Waals surface area contributed by atoms with Crippen molar-refractivity contribution in [2.24, 2.45) is 5.92 Å². The third-order valence-corrected chi connectivity index (χ3v) is 7.29. The molecule has 2 aromatic carbocycles. The zero-order valence-electron chi connectivity index (χ0n) is 20.2. The Morgan fingerprint density at radius 1 is 0.972 bits per heavy atom. The fourth-order valence-electron chi connectivity index (χ4n) is 4.90. The third kappa shape index (κ3) is 5.60. The molecule has 1 aromatic heterocycles. The molecule has 2 amide bonds. The van der Waals surface area contributed by atoms with Crippen LogP contribution in [0.2, 0.25) is 5.02 Å². The number of benzene rings is 2. The van der Waals surface area contributed by atoms with Crippen LogP contribution in [0.25, 0.3) is 11.4 Å². The fraction of sp³-hybridized carbons (Fsp3) is 0.407. The zero-order chi connectivity index (χ0) is 24.9. The molecule has 36 heavy (non-hydrogen) atoms. The summed E-state index contributed by atoms with van der Waals surface area (Å²) < 4.78 is 5.44. The molecule has 0 saturated carbocycles. The van der Waals surface area contributed by atoms with E-state index in [1.165, 1.54) is 0 Å². The summed E-state index contributed by atoms with van der Waals surface area (Å²) in [4.78, 5) is 34.7. The van der Waals surface area contributed by atoms with Crippen LogP contribution in [-0.4, -0.2) is 57.9 Å². The van der Waals surface area contributed by atoms with Gasteiger partial charge in [-0.05, 0) is 69.5 Å². The predicted molar refractivity (Wildman–Crippen MR) is 138 cm³/mol. The van der Waals surface area contributed by atoms with Crippen LogP contribution >= 0.6 is 11.6 Å². The molecule has 2 aliphatic rings. The SMILES string of the molecule is O=C(Nc1ccccc1C(=O)N1CCCCC1)C1CCN(Cc2nc(-c3ccccc3Cl)no2)CC1. The highest BCUT2D eigenvalue weighted by atomic mass is 35.5. The van der Waals surface area contributed by atoms with Crippen LogP contribution in [0.15, 0.2) is 53.1 Å². The van der Waals surface area contributed by atoms with Crippen LogP contribution in [0.4, 0.5) is 5.69 Å². The molecule has 0 unspecified atom stereocenters. The molecule has 9 heteroatoms. The minimum Gasteiger partial charge on any atom is -0.339 e. The normalized spacial score (nSPS) is 17.2. The first-order valence-corrected chi connectivity index (χ1v) is 13.0. The smallest absolute Gasteiger partial charge is 0.255 e. The Kier molecular flexibility index (Phi) is 7.63. The number of hydrogen-bond donors (Lipinski definition) is 1. The molecule has 3 aromatic rings. The standard InChI is InChI=1S/C27H30ClN5O3/c28-22-10-4-2-8-20(22)25-30-24(36-31-25)18-32-16-12-19(13-17-32)26(34)29-23-11-5-3-9-21(23)27(35)33-14-6-1-7-15-33/h2-5,8-11,19H,1,6-7,12-18H2,(H,29,34). The van der Waals surface area contributed by atoms with Gasteiger partial charge in [0.15, 0.2) is 0 Å². The van der Waals surface area contributed by atoms with Gasteiger partial charge in [-0.3, -0.25) is 14.5 Å². The Labute approximate surface area is 215 Å². The van der Waals surface area contributed by atoms with Crippen LogP contribution < -0.4 is 5.32 Å². The molecule has 8 nitrogen and oxygen atoms in total. The maximum atomic E-state index is 13.1.